The number of H-pyrrole nitrogens is 1. The minimum absolute atomic E-state index is 0.0146. The summed E-state index contributed by atoms with van der Waals surface area (Å²) in [4.78, 5) is 159. The van der Waals surface area contributed by atoms with Crippen LogP contribution in [0.1, 0.15) is 76.3 Å². The molecule has 0 radical (unpaired) electrons. The number of nitrogens with two attached hydrogens (primary N) is 2. The quantitative estimate of drug-likeness (QED) is 0.0438. The van der Waals surface area contributed by atoms with Gasteiger partial charge in [0.15, 0.2) is 0 Å². The molecule has 0 spiro atoms. The van der Waals surface area contributed by atoms with Crippen molar-refractivity contribution in [2.24, 2.45) is 21.9 Å². The van der Waals surface area contributed by atoms with Crippen LogP contribution >= 0.6 is 0 Å². The van der Waals surface area contributed by atoms with Crippen LogP contribution in [-0.4, -0.2) is 142 Å². The summed E-state index contributed by atoms with van der Waals surface area (Å²) in [5, 5.41) is 28.0. The van der Waals surface area contributed by atoms with Crippen LogP contribution in [0.4, 0.5) is 4.79 Å². The van der Waals surface area contributed by atoms with Gasteiger partial charge in [-0.05, 0) is 49.3 Å². The van der Waals surface area contributed by atoms with E-state index in [1.54, 1.807) is 67.7 Å². The number of imide groups is 1. The van der Waals surface area contributed by atoms with Crippen LogP contribution in [0.5, 0.6) is 0 Å². The molecule has 3 heterocycles. The molecule has 2 aliphatic rings. The van der Waals surface area contributed by atoms with E-state index in [0.717, 1.165) is 6.21 Å². The predicted octanol–water partition coefficient (Wildman–Crippen LogP) is -1.30. The third kappa shape index (κ3) is 14.2. The highest BCUT2D eigenvalue weighted by Gasteiger charge is 2.47. The van der Waals surface area contributed by atoms with Gasteiger partial charge < -0.3 is 58.8 Å². The Labute approximate surface area is 414 Å². The molecule has 2 saturated heterocycles. The average molecular weight is 999 g/mol. The van der Waals surface area contributed by atoms with Gasteiger partial charge >= 0.3 is 12.0 Å². The number of hydrogen-bond donors (Lipinski definition) is 11. The summed E-state index contributed by atoms with van der Waals surface area (Å²) in [6.07, 6.45) is 1.02. The number of carbonyl (C=O) groups is 11. The number of nitrogens with zero attached hydrogens (tertiary/aromatic N) is 2. The molecule has 3 aromatic rings. The molecule has 0 saturated carbocycles. The molecule has 2 fully saturated rings. The molecule has 1 unspecified atom stereocenters. The Morgan fingerprint density at radius 2 is 1.47 bits per heavy atom. The molecular formula is C48H62N12O12. The van der Waals surface area contributed by atoms with Gasteiger partial charge in [-0.25, -0.2) is 4.79 Å². The Hall–Kier alpha value is -8.18. The number of carbonyl (C=O) groups excluding carboxylic acids is 10. The third-order valence-electron chi connectivity index (χ3n) is 12.5. The molecule has 386 valence electrons. The van der Waals surface area contributed by atoms with Crippen LogP contribution in [0, 0.1) is 5.41 Å². The van der Waals surface area contributed by atoms with Gasteiger partial charge in [0.1, 0.15) is 48.8 Å². The number of carboxylic acids is 1. The van der Waals surface area contributed by atoms with E-state index in [1.807, 2.05) is 6.92 Å². The van der Waals surface area contributed by atoms with E-state index in [2.05, 4.69) is 47.2 Å². The number of primary amides is 2. The molecular weight excluding hydrogens is 937 g/mol. The molecule has 24 heteroatoms. The van der Waals surface area contributed by atoms with Gasteiger partial charge in [0.2, 0.25) is 47.3 Å². The summed E-state index contributed by atoms with van der Waals surface area (Å²) in [5.74, 6) is -10.5. The lowest BCUT2D eigenvalue weighted by Crippen LogP contribution is -2.63. The molecule has 0 bridgehead atoms. The zero-order valence-electron chi connectivity index (χ0n) is 40.2. The number of fused-ring (bicyclic) bond motifs is 1. The number of amides is 11. The lowest BCUT2D eigenvalue weighted by molar-refractivity contribution is -0.139. The van der Waals surface area contributed by atoms with Crippen molar-refractivity contribution in [3.05, 3.63) is 71.9 Å². The first-order chi connectivity index (χ1) is 34.3. The van der Waals surface area contributed by atoms with Crippen molar-refractivity contribution in [1.82, 2.24) is 47.1 Å². The minimum Gasteiger partial charge on any atom is -0.481 e. The number of urea groups is 1. The topological polar surface area (TPSA) is 376 Å². The normalized spacial score (nSPS) is 22.9. The summed E-state index contributed by atoms with van der Waals surface area (Å²) < 4.78 is 0. The predicted molar refractivity (Wildman–Crippen MR) is 259 cm³/mol. The number of carboxylic acid groups (broad SMARTS) is 1. The monoisotopic (exact) mass is 998 g/mol. The van der Waals surface area contributed by atoms with Crippen LogP contribution in [-0.2, 0) is 60.8 Å². The molecule has 2 aliphatic heterocycles. The largest absolute Gasteiger partial charge is 0.481 e. The maximum Gasteiger partial charge on any atom is 0.325 e. The van der Waals surface area contributed by atoms with Crippen molar-refractivity contribution < 1.29 is 57.8 Å². The molecule has 11 amide bonds. The average Bonchev–Trinajstić information content (AvgIpc) is 3.87. The minimum atomic E-state index is -2.34. The Morgan fingerprint density at radius 1 is 0.819 bits per heavy atom. The highest BCUT2D eigenvalue weighted by Crippen LogP contribution is 2.31. The van der Waals surface area contributed by atoms with E-state index in [1.165, 1.54) is 7.05 Å². The second-order valence-corrected chi connectivity index (χ2v) is 17.8. The lowest BCUT2D eigenvalue weighted by atomic mass is 9.75. The van der Waals surface area contributed by atoms with Gasteiger partial charge in [-0.3, -0.25) is 57.8 Å². The van der Waals surface area contributed by atoms with Crippen LogP contribution in [0.3, 0.4) is 0 Å². The van der Waals surface area contributed by atoms with Crippen molar-refractivity contribution in [2.45, 2.75) is 120 Å². The fourth-order valence-electron chi connectivity index (χ4n) is 8.64. The van der Waals surface area contributed by atoms with E-state index >= 15 is 4.79 Å². The number of nitrogens with one attached hydrogen (secondary N) is 8. The van der Waals surface area contributed by atoms with Gasteiger partial charge in [0.25, 0.3) is 5.91 Å². The van der Waals surface area contributed by atoms with E-state index in [4.69, 9.17) is 11.5 Å². The molecule has 72 heavy (non-hydrogen) atoms. The Morgan fingerprint density at radius 3 is 2.12 bits per heavy atom. The number of benzene rings is 2. The van der Waals surface area contributed by atoms with Gasteiger partial charge in [-0.1, -0.05) is 75.2 Å². The first-order valence-corrected chi connectivity index (χ1v) is 23.6. The highest BCUT2D eigenvalue weighted by molar-refractivity contribution is 6.07. The zero-order chi connectivity index (χ0) is 52.7. The lowest BCUT2D eigenvalue weighted by Gasteiger charge is -2.37. The Balaban J connectivity index is 1.64. The summed E-state index contributed by atoms with van der Waals surface area (Å²) in [6.45, 7) is 2.56. The van der Waals surface area contributed by atoms with E-state index in [0.29, 0.717) is 39.8 Å². The smallest absolute Gasteiger partial charge is 0.325 e. The van der Waals surface area contributed by atoms with Gasteiger partial charge in [-0.15, -0.1) is 0 Å². The number of aliphatic carboxylic acids is 1. The second-order valence-electron chi connectivity index (χ2n) is 17.8. The molecule has 2 aromatic carbocycles. The molecule has 1 aromatic heterocycles. The van der Waals surface area contributed by atoms with E-state index in [-0.39, 0.29) is 25.7 Å². The van der Waals surface area contributed by atoms with Crippen molar-refractivity contribution in [1.29, 1.82) is 0 Å². The number of para-hydroxylation sites is 1. The summed E-state index contributed by atoms with van der Waals surface area (Å²) in [5.41, 5.74) is 11.1. The summed E-state index contributed by atoms with van der Waals surface area (Å²) in [6, 6.07) is 4.14. The molecule has 0 aliphatic carbocycles. The van der Waals surface area contributed by atoms with Gasteiger partial charge in [-0.2, -0.15) is 0 Å². The number of unbranched alkanes of at least 4 members (excludes halogenated alkanes) is 1. The number of aromatic amines is 1. The summed E-state index contributed by atoms with van der Waals surface area (Å²) in [7, 11) is 1.24. The maximum atomic E-state index is 15.3. The standard InChI is InChI=1S/C48H62N12O12/c1-4-6-15-32-45(70)60(47(72)59-32)24-37(61)53-36(44(69)55-31(39(49)64)17-18-38(62)63)22-48(25-51-3)21-35(40(50)65)57-43(68)34(20-27-23-52-30-16-11-10-14-28(27)30)56-41(66)29(5-2)54-42(67)33(58-46(48)71)19-26-12-8-7-9-13-26/h7-14,16,23,25,29,31-36,52H,4-6,15,17-22,24H2,1-3H3,(H2,49,64)(H2,50,65)(H,53,61)(H,54,67)(H,55,69)(H,56,66)(H,57,68)(H,58,71)(H,59,72)(H,62,63)/t29-,31-,32-,33+,34-,35-,36-,48?/m0/s1. The fraction of sp³-hybridized carbons (Fsp3) is 0.458. The molecule has 8 atom stereocenters. The molecule has 24 nitrogen and oxygen atoms in total. The molecule has 13 N–H and O–H groups in total. The first-order valence-electron chi connectivity index (χ1n) is 23.6. The number of aromatic nitrogens is 1. The maximum absolute atomic E-state index is 15.3. The number of aliphatic imine (C=N–C) groups is 1. The SMILES string of the molecule is CCCC[C@@H]1NC(=O)N(CC(=O)N[C@@H](CC2(C=NC)C[C@@H](C(N)=O)NC(=O)[C@H](Cc3c[nH]c4ccccc34)NC(=O)[C@H](CC)NC(=O)[C@@H](Cc3ccccc3)NC2=O)C(=O)N[C@@H](CCC(=O)O)C(N)=O)C1=O. The van der Waals surface area contributed by atoms with Crippen molar-refractivity contribution in [3.8, 4) is 0 Å². The zero-order valence-corrected chi connectivity index (χ0v) is 40.2. The first kappa shape index (κ1) is 54.8. The van der Waals surface area contributed by atoms with E-state index in [9.17, 15) is 53.1 Å². The molecule has 5 rings (SSSR count). The van der Waals surface area contributed by atoms with Gasteiger partial charge in [0, 0.05) is 49.6 Å². The number of rotatable bonds is 21. The van der Waals surface area contributed by atoms with E-state index < -0.39 is 145 Å². The Kier molecular flexibility index (Phi) is 19.1. The van der Waals surface area contributed by atoms with Crippen molar-refractivity contribution in [2.75, 3.05) is 13.6 Å². The van der Waals surface area contributed by atoms with Crippen LogP contribution in [0.2, 0.25) is 0 Å². The van der Waals surface area contributed by atoms with Gasteiger partial charge in [0.05, 0.1) is 5.41 Å². The van der Waals surface area contributed by atoms with Crippen LogP contribution in [0.15, 0.2) is 65.8 Å². The van der Waals surface area contributed by atoms with Crippen LogP contribution in [0.25, 0.3) is 10.9 Å². The van der Waals surface area contributed by atoms with Crippen molar-refractivity contribution >= 4 is 82.3 Å². The van der Waals surface area contributed by atoms with Crippen LogP contribution < -0.4 is 48.7 Å². The van der Waals surface area contributed by atoms with Crippen molar-refractivity contribution in [3.63, 3.8) is 0 Å². The fourth-order valence-corrected chi connectivity index (χ4v) is 8.64. The highest BCUT2D eigenvalue weighted by atomic mass is 16.4. The second kappa shape index (κ2) is 25.1. The number of hydrogen-bond acceptors (Lipinski definition) is 12. The third-order valence-corrected chi connectivity index (χ3v) is 12.5. The summed E-state index contributed by atoms with van der Waals surface area (Å²) >= 11 is 0. The Bertz CT molecular complexity index is 2570.